The predicted octanol–water partition coefficient (Wildman–Crippen LogP) is 1.22. The van der Waals surface area contributed by atoms with E-state index in [0.717, 1.165) is 25.9 Å². The van der Waals surface area contributed by atoms with Gasteiger partial charge in [-0.25, -0.2) is 8.42 Å². The normalized spacial score (nSPS) is 28.3. The predicted molar refractivity (Wildman–Crippen MR) is 75.2 cm³/mol. The first-order valence-electron chi connectivity index (χ1n) is 6.42. The topological polar surface area (TPSA) is 62.3 Å². The Morgan fingerprint density at radius 1 is 1.37 bits per heavy atom. The molecule has 0 saturated carbocycles. The number of fused-ring (bicyclic) bond motifs is 1. The van der Waals surface area contributed by atoms with Gasteiger partial charge in [0.05, 0.1) is 0 Å². The van der Waals surface area contributed by atoms with E-state index in [1.54, 1.807) is 16.6 Å². The molecule has 1 aromatic rings. The lowest BCUT2D eigenvalue weighted by Crippen LogP contribution is -2.48. The lowest BCUT2D eigenvalue weighted by Gasteiger charge is -2.35. The summed E-state index contributed by atoms with van der Waals surface area (Å²) in [5, 5.41) is 3.30. The van der Waals surface area contributed by atoms with Gasteiger partial charge in [0.15, 0.2) is 0 Å². The van der Waals surface area contributed by atoms with Crippen molar-refractivity contribution in [3.63, 3.8) is 0 Å². The minimum atomic E-state index is -3.44. The molecule has 2 saturated heterocycles. The van der Waals surface area contributed by atoms with Crippen molar-refractivity contribution in [2.45, 2.75) is 23.8 Å². The number of rotatable bonds is 2. The Morgan fingerprint density at radius 3 is 3.00 bits per heavy atom. The Hall–Kier alpha value is -0.500. The third-order valence-corrected chi connectivity index (χ3v) is 6.24. The van der Waals surface area contributed by atoms with Gasteiger partial charge in [0.1, 0.15) is 4.90 Å². The summed E-state index contributed by atoms with van der Waals surface area (Å²) in [5.41, 5.74) is 0. The highest BCUT2D eigenvalue weighted by molar-refractivity contribution is 9.10. The number of halogens is 1. The maximum absolute atomic E-state index is 12.7. The van der Waals surface area contributed by atoms with Crippen molar-refractivity contribution < 1.29 is 8.42 Å². The average Bonchev–Trinajstić information content (AvgIpc) is 2.86. The molecule has 0 amide bonds. The molecule has 19 heavy (non-hydrogen) atoms. The molecule has 2 aliphatic heterocycles. The van der Waals surface area contributed by atoms with Crippen molar-refractivity contribution in [1.82, 2.24) is 14.6 Å². The standard InChI is InChI=1S/C12H16BrN3O2S/c13-10-4-11(7-15-6-10)19(17,18)16-3-1-2-9-5-14-8-12(9)16/h4,6-7,9,12,14H,1-3,5,8H2. The molecule has 5 nitrogen and oxygen atoms in total. The Kier molecular flexibility index (Phi) is 3.63. The molecule has 0 bridgehead atoms. The number of nitrogens with zero attached hydrogens (tertiary/aromatic N) is 2. The highest BCUT2D eigenvalue weighted by Gasteiger charge is 2.41. The molecule has 2 atom stereocenters. The van der Waals surface area contributed by atoms with Gasteiger partial charge >= 0.3 is 0 Å². The molecule has 2 unspecified atom stereocenters. The smallest absolute Gasteiger partial charge is 0.244 e. The molecular formula is C12H16BrN3O2S. The number of hydrogen-bond acceptors (Lipinski definition) is 4. The Bertz CT molecular complexity index is 578. The molecule has 3 heterocycles. The van der Waals surface area contributed by atoms with E-state index in [9.17, 15) is 8.42 Å². The summed E-state index contributed by atoms with van der Waals surface area (Å²) < 4.78 is 27.8. The van der Waals surface area contributed by atoms with E-state index in [-0.39, 0.29) is 10.9 Å². The quantitative estimate of drug-likeness (QED) is 0.875. The number of sulfonamides is 1. The summed E-state index contributed by atoms with van der Waals surface area (Å²) in [6, 6.07) is 1.71. The molecule has 1 N–H and O–H groups in total. The van der Waals surface area contributed by atoms with Crippen molar-refractivity contribution in [1.29, 1.82) is 0 Å². The molecule has 0 spiro atoms. The van der Waals surface area contributed by atoms with Crippen LogP contribution in [0.2, 0.25) is 0 Å². The van der Waals surface area contributed by atoms with Crippen LogP contribution in [0.15, 0.2) is 27.8 Å². The number of pyridine rings is 1. The van der Waals surface area contributed by atoms with Crippen molar-refractivity contribution in [3.05, 3.63) is 22.9 Å². The van der Waals surface area contributed by atoms with Crippen LogP contribution in [0.25, 0.3) is 0 Å². The molecule has 7 heteroatoms. The van der Waals surface area contributed by atoms with Crippen LogP contribution >= 0.6 is 15.9 Å². The number of piperidine rings is 1. The van der Waals surface area contributed by atoms with E-state index in [1.165, 1.54) is 6.20 Å². The van der Waals surface area contributed by atoms with Crippen LogP contribution in [-0.4, -0.2) is 43.4 Å². The van der Waals surface area contributed by atoms with Gasteiger partial charge in [0, 0.05) is 36.0 Å². The van der Waals surface area contributed by atoms with Crippen LogP contribution in [0.5, 0.6) is 0 Å². The summed E-state index contributed by atoms with van der Waals surface area (Å²) >= 11 is 3.28. The van der Waals surface area contributed by atoms with Crippen LogP contribution in [0, 0.1) is 5.92 Å². The summed E-state index contributed by atoms with van der Waals surface area (Å²) in [6.45, 7) is 2.29. The molecule has 0 aromatic carbocycles. The Balaban J connectivity index is 1.95. The second-order valence-electron chi connectivity index (χ2n) is 5.08. The minimum Gasteiger partial charge on any atom is -0.315 e. The zero-order valence-corrected chi connectivity index (χ0v) is 12.8. The van der Waals surface area contributed by atoms with Gasteiger partial charge in [-0.2, -0.15) is 4.31 Å². The van der Waals surface area contributed by atoms with Crippen molar-refractivity contribution in [3.8, 4) is 0 Å². The second-order valence-corrected chi connectivity index (χ2v) is 7.89. The van der Waals surface area contributed by atoms with Crippen molar-refractivity contribution in [2.75, 3.05) is 19.6 Å². The van der Waals surface area contributed by atoms with Crippen LogP contribution in [0.1, 0.15) is 12.8 Å². The van der Waals surface area contributed by atoms with Gasteiger partial charge in [0.2, 0.25) is 10.0 Å². The summed E-state index contributed by atoms with van der Waals surface area (Å²) in [7, 11) is -3.44. The van der Waals surface area contributed by atoms with E-state index in [1.807, 2.05) is 0 Å². The fourth-order valence-corrected chi connectivity index (χ4v) is 5.22. The zero-order valence-electron chi connectivity index (χ0n) is 10.4. The van der Waals surface area contributed by atoms with Crippen molar-refractivity contribution in [2.24, 2.45) is 5.92 Å². The molecule has 104 valence electrons. The highest BCUT2D eigenvalue weighted by Crippen LogP contribution is 2.31. The van der Waals surface area contributed by atoms with Crippen LogP contribution in [0.3, 0.4) is 0 Å². The molecule has 2 aliphatic rings. The monoisotopic (exact) mass is 345 g/mol. The molecule has 3 rings (SSSR count). The fraction of sp³-hybridized carbons (Fsp3) is 0.583. The molecule has 1 aromatic heterocycles. The van der Waals surface area contributed by atoms with Crippen LogP contribution < -0.4 is 5.32 Å². The fourth-order valence-electron chi connectivity index (χ4n) is 2.99. The van der Waals surface area contributed by atoms with Gasteiger partial charge in [0.25, 0.3) is 0 Å². The lowest BCUT2D eigenvalue weighted by atomic mass is 9.94. The highest BCUT2D eigenvalue weighted by atomic mass is 79.9. The number of nitrogens with one attached hydrogen (secondary N) is 1. The minimum absolute atomic E-state index is 0.0951. The SMILES string of the molecule is O=S(=O)(c1cncc(Br)c1)N1CCCC2CNCC21. The van der Waals surface area contributed by atoms with E-state index in [2.05, 4.69) is 26.2 Å². The summed E-state index contributed by atoms with van der Waals surface area (Å²) in [6.07, 6.45) is 5.06. The molecule has 0 aliphatic carbocycles. The van der Waals surface area contributed by atoms with Gasteiger partial charge in [-0.15, -0.1) is 0 Å². The van der Waals surface area contributed by atoms with Crippen LogP contribution in [-0.2, 0) is 10.0 Å². The summed E-state index contributed by atoms with van der Waals surface area (Å²) in [5.74, 6) is 0.448. The number of aromatic nitrogens is 1. The average molecular weight is 346 g/mol. The van der Waals surface area contributed by atoms with E-state index >= 15 is 0 Å². The first kappa shape index (κ1) is 13.5. The third-order valence-electron chi connectivity index (χ3n) is 3.91. The van der Waals surface area contributed by atoms with E-state index in [4.69, 9.17) is 0 Å². The van der Waals surface area contributed by atoms with Gasteiger partial charge in [-0.3, -0.25) is 4.98 Å². The second kappa shape index (κ2) is 5.12. The van der Waals surface area contributed by atoms with Gasteiger partial charge < -0.3 is 5.32 Å². The molecule has 2 fully saturated rings. The first-order chi connectivity index (χ1) is 9.09. The van der Waals surface area contributed by atoms with E-state index < -0.39 is 10.0 Å². The van der Waals surface area contributed by atoms with Gasteiger partial charge in [-0.05, 0) is 47.3 Å². The van der Waals surface area contributed by atoms with Gasteiger partial charge in [-0.1, -0.05) is 0 Å². The molecular weight excluding hydrogens is 330 g/mol. The Morgan fingerprint density at radius 2 is 2.21 bits per heavy atom. The van der Waals surface area contributed by atoms with Crippen molar-refractivity contribution >= 4 is 26.0 Å². The number of hydrogen-bond donors (Lipinski definition) is 1. The maximum Gasteiger partial charge on any atom is 0.244 e. The van der Waals surface area contributed by atoms with Crippen LogP contribution in [0.4, 0.5) is 0 Å². The largest absolute Gasteiger partial charge is 0.315 e. The third kappa shape index (κ3) is 2.44. The maximum atomic E-state index is 12.7. The molecule has 0 radical (unpaired) electrons. The lowest BCUT2D eigenvalue weighted by molar-refractivity contribution is 0.217. The first-order valence-corrected chi connectivity index (χ1v) is 8.65. The van der Waals surface area contributed by atoms with E-state index in [0.29, 0.717) is 16.9 Å². The summed E-state index contributed by atoms with van der Waals surface area (Å²) in [4.78, 5) is 4.24. The zero-order chi connectivity index (χ0) is 13.5. The Labute approximate surface area is 121 Å².